The quantitative estimate of drug-likeness (QED) is 0.783. The van der Waals surface area contributed by atoms with E-state index in [-0.39, 0.29) is 17.7 Å². The molecule has 0 aliphatic heterocycles. The van der Waals surface area contributed by atoms with Crippen molar-refractivity contribution in [2.45, 2.75) is 51.9 Å². The van der Waals surface area contributed by atoms with Gasteiger partial charge in [-0.2, -0.15) is 0 Å². The molecular weight excluding hydrogens is 288 g/mol. The first-order chi connectivity index (χ1) is 11.2. The van der Waals surface area contributed by atoms with Gasteiger partial charge in [-0.25, -0.2) is 0 Å². The van der Waals surface area contributed by atoms with E-state index in [4.69, 9.17) is 0 Å². The summed E-state index contributed by atoms with van der Waals surface area (Å²) in [6.07, 6.45) is 6.92. The number of hydrogen-bond acceptors (Lipinski definition) is 2. The van der Waals surface area contributed by atoms with Gasteiger partial charge in [-0.05, 0) is 31.4 Å². The molecule has 1 aromatic rings. The van der Waals surface area contributed by atoms with E-state index in [1.807, 2.05) is 42.2 Å². The second-order valence-electron chi connectivity index (χ2n) is 6.21. The third-order valence-corrected chi connectivity index (χ3v) is 4.51. The number of para-hydroxylation sites is 1. The van der Waals surface area contributed by atoms with E-state index in [0.717, 1.165) is 24.9 Å². The lowest BCUT2D eigenvalue weighted by atomic mass is 9.89. The molecule has 1 N–H and O–H groups in total. The molecule has 4 heteroatoms. The number of benzene rings is 1. The maximum absolute atomic E-state index is 12.1. The van der Waals surface area contributed by atoms with Crippen molar-refractivity contribution >= 4 is 17.5 Å². The van der Waals surface area contributed by atoms with Gasteiger partial charge in [0.05, 0.1) is 0 Å². The Balaban J connectivity index is 1.78. The van der Waals surface area contributed by atoms with E-state index in [2.05, 4.69) is 5.32 Å². The molecule has 0 atom stereocenters. The fraction of sp³-hybridized carbons (Fsp3) is 0.579. The van der Waals surface area contributed by atoms with Crippen LogP contribution in [0.4, 0.5) is 5.69 Å². The lowest BCUT2D eigenvalue weighted by molar-refractivity contribution is -0.125. The van der Waals surface area contributed by atoms with Crippen LogP contribution in [-0.2, 0) is 9.59 Å². The van der Waals surface area contributed by atoms with Gasteiger partial charge in [0.25, 0.3) is 0 Å². The van der Waals surface area contributed by atoms with Crippen molar-refractivity contribution in [1.29, 1.82) is 0 Å². The van der Waals surface area contributed by atoms with Gasteiger partial charge in [0.15, 0.2) is 0 Å². The van der Waals surface area contributed by atoms with Crippen LogP contribution in [0.3, 0.4) is 0 Å². The average molecular weight is 316 g/mol. The van der Waals surface area contributed by atoms with E-state index in [1.54, 1.807) is 0 Å². The molecule has 0 radical (unpaired) electrons. The Morgan fingerprint density at radius 1 is 1.13 bits per heavy atom. The molecule has 0 unspecified atom stereocenters. The van der Waals surface area contributed by atoms with Crippen molar-refractivity contribution in [3.63, 3.8) is 0 Å². The first-order valence-electron chi connectivity index (χ1n) is 8.85. The number of hydrogen-bond donors (Lipinski definition) is 1. The van der Waals surface area contributed by atoms with Crippen LogP contribution in [-0.4, -0.2) is 24.9 Å². The third kappa shape index (κ3) is 5.38. The number of rotatable bonds is 7. The molecule has 2 rings (SSSR count). The summed E-state index contributed by atoms with van der Waals surface area (Å²) in [5.74, 6) is 0.513. The molecule has 1 saturated carbocycles. The largest absolute Gasteiger partial charge is 0.356 e. The molecule has 126 valence electrons. The number of carbonyl (C=O) groups is 2. The SMILES string of the molecule is CCC(=O)N(CCCNC(=O)C1CCCCC1)c1ccccc1. The van der Waals surface area contributed by atoms with Crippen LogP contribution >= 0.6 is 0 Å². The van der Waals surface area contributed by atoms with Gasteiger partial charge in [-0.15, -0.1) is 0 Å². The summed E-state index contributed by atoms with van der Waals surface area (Å²) >= 11 is 0. The number of nitrogens with zero attached hydrogens (tertiary/aromatic N) is 1. The molecule has 0 aromatic heterocycles. The molecule has 0 bridgehead atoms. The summed E-state index contributed by atoms with van der Waals surface area (Å²) in [6.45, 7) is 3.15. The zero-order valence-corrected chi connectivity index (χ0v) is 14.1. The van der Waals surface area contributed by atoms with Gasteiger partial charge in [-0.1, -0.05) is 44.4 Å². The second kappa shape index (κ2) is 9.33. The molecule has 0 heterocycles. The van der Waals surface area contributed by atoms with Crippen LogP contribution in [0.15, 0.2) is 30.3 Å². The molecule has 1 aliphatic carbocycles. The maximum atomic E-state index is 12.1. The van der Waals surface area contributed by atoms with Gasteiger partial charge in [0.1, 0.15) is 0 Å². The highest BCUT2D eigenvalue weighted by atomic mass is 16.2. The molecule has 1 fully saturated rings. The van der Waals surface area contributed by atoms with Crippen LogP contribution in [0, 0.1) is 5.92 Å². The van der Waals surface area contributed by atoms with Crippen molar-refractivity contribution in [3.8, 4) is 0 Å². The van der Waals surface area contributed by atoms with Gasteiger partial charge < -0.3 is 10.2 Å². The van der Waals surface area contributed by atoms with Crippen LogP contribution in [0.25, 0.3) is 0 Å². The lowest BCUT2D eigenvalue weighted by Gasteiger charge is -2.23. The number of amides is 2. The molecule has 1 aromatic carbocycles. The van der Waals surface area contributed by atoms with Crippen LogP contribution in [0.2, 0.25) is 0 Å². The minimum absolute atomic E-state index is 0.120. The molecule has 4 nitrogen and oxygen atoms in total. The maximum Gasteiger partial charge on any atom is 0.226 e. The summed E-state index contributed by atoms with van der Waals surface area (Å²) in [5, 5.41) is 3.04. The fourth-order valence-electron chi connectivity index (χ4n) is 3.15. The van der Waals surface area contributed by atoms with E-state index < -0.39 is 0 Å². The summed E-state index contributed by atoms with van der Waals surface area (Å²) in [6, 6.07) is 9.73. The first-order valence-corrected chi connectivity index (χ1v) is 8.85. The zero-order valence-electron chi connectivity index (χ0n) is 14.1. The zero-order chi connectivity index (χ0) is 16.5. The van der Waals surface area contributed by atoms with Crippen LogP contribution in [0.5, 0.6) is 0 Å². The van der Waals surface area contributed by atoms with Crippen LogP contribution < -0.4 is 10.2 Å². The minimum atomic E-state index is 0.120. The molecule has 23 heavy (non-hydrogen) atoms. The van der Waals surface area contributed by atoms with Crippen molar-refractivity contribution in [3.05, 3.63) is 30.3 Å². The van der Waals surface area contributed by atoms with Gasteiger partial charge >= 0.3 is 0 Å². The van der Waals surface area contributed by atoms with Gasteiger partial charge in [0.2, 0.25) is 11.8 Å². The Morgan fingerprint density at radius 2 is 1.83 bits per heavy atom. The van der Waals surface area contributed by atoms with E-state index in [0.29, 0.717) is 19.5 Å². The van der Waals surface area contributed by atoms with Gasteiger partial charge in [0, 0.05) is 31.1 Å². The van der Waals surface area contributed by atoms with Gasteiger partial charge in [-0.3, -0.25) is 9.59 Å². The van der Waals surface area contributed by atoms with Crippen molar-refractivity contribution in [1.82, 2.24) is 5.32 Å². The number of carbonyl (C=O) groups excluding carboxylic acids is 2. The number of anilines is 1. The summed E-state index contributed by atoms with van der Waals surface area (Å²) in [4.78, 5) is 26.0. The molecule has 0 spiro atoms. The van der Waals surface area contributed by atoms with E-state index >= 15 is 0 Å². The Labute approximate surface area is 139 Å². The van der Waals surface area contributed by atoms with E-state index in [9.17, 15) is 9.59 Å². The van der Waals surface area contributed by atoms with Crippen molar-refractivity contribution in [2.75, 3.05) is 18.0 Å². The summed E-state index contributed by atoms with van der Waals surface area (Å²) in [5.41, 5.74) is 0.929. The second-order valence-corrected chi connectivity index (χ2v) is 6.21. The summed E-state index contributed by atoms with van der Waals surface area (Å²) in [7, 11) is 0. The predicted molar refractivity (Wildman–Crippen MR) is 93.3 cm³/mol. The highest BCUT2D eigenvalue weighted by molar-refractivity contribution is 5.93. The Hall–Kier alpha value is -1.84. The Kier molecular flexibility index (Phi) is 7.11. The highest BCUT2D eigenvalue weighted by Crippen LogP contribution is 2.23. The third-order valence-electron chi connectivity index (χ3n) is 4.51. The molecular formula is C19H28N2O2. The highest BCUT2D eigenvalue weighted by Gasteiger charge is 2.20. The molecule has 1 aliphatic rings. The fourth-order valence-corrected chi connectivity index (χ4v) is 3.15. The lowest BCUT2D eigenvalue weighted by Crippen LogP contribution is -2.36. The predicted octanol–water partition coefficient (Wildman–Crippen LogP) is 3.52. The topological polar surface area (TPSA) is 49.4 Å². The standard InChI is InChI=1S/C19H28N2O2/c1-2-18(22)21(17-12-7-4-8-13-17)15-9-14-20-19(23)16-10-5-3-6-11-16/h4,7-8,12-13,16H,2-3,5-6,9-11,14-15H2,1H3,(H,20,23). The van der Waals surface area contributed by atoms with Crippen molar-refractivity contribution < 1.29 is 9.59 Å². The minimum Gasteiger partial charge on any atom is -0.356 e. The first kappa shape index (κ1) is 17.5. The van der Waals surface area contributed by atoms with E-state index in [1.165, 1.54) is 19.3 Å². The Bertz CT molecular complexity index is 495. The summed E-state index contributed by atoms with van der Waals surface area (Å²) < 4.78 is 0. The molecule has 0 saturated heterocycles. The molecule has 2 amide bonds. The van der Waals surface area contributed by atoms with Crippen molar-refractivity contribution in [2.24, 2.45) is 5.92 Å². The smallest absolute Gasteiger partial charge is 0.226 e. The van der Waals surface area contributed by atoms with Crippen LogP contribution in [0.1, 0.15) is 51.9 Å². The monoisotopic (exact) mass is 316 g/mol. The normalized spacial score (nSPS) is 15.2. The number of nitrogens with one attached hydrogen (secondary N) is 1. The Morgan fingerprint density at radius 3 is 2.48 bits per heavy atom. The average Bonchev–Trinajstić information content (AvgIpc) is 2.62.